The van der Waals surface area contributed by atoms with Crippen LogP contribution in [0.1, 0.15) is 74.1 Å². The van der Waals surface area contributed by atoms with Crippen LogP contribution in [0.25, 0.3) is 0 Å². The summed E-state index contributed by atoms with van der Waals surface area (Å²) in [5.74, 6) is -1.44. The van der Waals surface area contributed by atoms with Gasteiger partial charge in [-0.2, -0.15) is 5.26 Å². The molecule has 2 aliphatic rings. The van der Waals surface area contributed by atoms with E-state index in [9.17, 15) is 30.2 Å². The number of aliphatic hydroxyl groups is 3. The number of carboxylic acid groups (broad SMARTS) is 1. The van der Waals surface area contributed by atoms with Crippen LogP contribution in [0.4, 0.5) is 0 Å². The van der Waals surface area contributed by atoms with Crippen LogP contribution >= 0.6 is 0 Å². The molecule has 2 unspecified atom stereocenters. The third kappa shape index (κ3) is 13.5. The number of carbonyl (C=O) groups excluding carboxylic acids is 2. The number of methoxy groups -OCH3 is 1. The Balaban J connectivity index is 0.00000354. The van der Waals surface area contributed by atoms with E-state index in [1.807, 2.05) is 13.8 Å². The van der Waals surface area contributed by atoms with E-state index in [4.69, 9.17) is 28.8 Å². The van der Waals surface area contributed by atoms with E-state index >= 15 is 0 Å². The molecule has 5 N–H and O–H groups in total. The highest BCUT2D eigenvalue weighted by molar-refractivity contribution is 5.70. The number of nitrogens with one attached hydrogen (secondary N) is 1. The number of carbonyl (C=O) groups is 3. The SMILES string of the molecule is CC[C@H](OC)[C@@H](C)[C@H]1O[C@@H]1C(NCC#N)C(C)(O)/C=C/C=C(\C)[C@@H]1OC(=O)C[C@H](O)CC[C@@](C)(O)[C@@H](OC(C)=O)/C=C/[C@@H]1C.O=CO. The second-order valence-corrected chi connectivity index (χ2v) is 12.7. The summed E-state index contributed by atoms with van der Waals surface area (Å²) in [6.07, 6.45) is 5.90. The average Bonchev–Trinajstić information content (AvgIpc) is 3.77. The molecule has 0 radical (unpaired) electrons. The molecule has 1 fully saturated rings. The van der Waals surface area contributed by atoms with E-state index < -0.39 is 53.4 Å². The molecule has 2 heterocycles. The van der Waals surface area contributed by atoms with Crippen molar-refractivity contribution in [3.8, 4) is 6.07 Å². The summed E-state index contributed by atoms with van der Waals surface area (Å²) in [6, 6.07) is 1.50. The van der Waals surface area contributed by atoms with Gasteiger partial charge in [0.15, 0.2) is 0 Å². The second kappa shape index (κ2) is 19.6. The lowest BCUT2D eigenvalue weighted by Gasteiger charge is -2.32. The molecule has 2 rings (SSSR count). The number of allylic oxidation sites excluding steroid dienone is 2. The molecule has 0 saturated carbocycles. The maximum Gasteiger partial charge on any atom is 0.309 e. The first-order valence-electron chi connectivity index (χ1n) is 15.9. The minimum atomic E-state index is -1.46. The number of nitriles is 1. The molecule has 0 spiro atoms. The van der Waals surface area contributed by atoms with Gasteiger partial charge in [-0.05, 0) is 51.7 Å². The minimum absolute atomic E-state index is 0.00826. The van der Waals surface area contributed by atoms with Crippen molar-refractivity contribution in [3.05, 3.63) is 36.0 Å². The van der Waals surface area contributed by atoms with Crippen LogP contribution in [0.3, 0.4) is 0 Å². The lowest BCUT2D eigenvalue weighted by atomic mass is 9.87. The highest BCUT2D eigenvalue weighted by Gasteiger charge is 2.54. The van der Waals surface area contributed by atoms with E-state index in [0.717, 1.165) is 6.42 Å². The number of hydrogen-bond donors (Lipinski definition) is 5. The summed E-state index contributed by atoms with van der Waals surface area (Å²) in [4.78, 5) is 32.8. The molecule has 2 aliphatic heterocycles. The predicted octanol–water partition coefficient (Wildman–Crippen LogP) is 2.58. The third-order valence-corrected chi connectivity index (χ3v) is 8.59. The van der Waals surface area contributed by atoms with Gasteiger partial charge in [0, 0.05) is 25.9 Å². The topological polar surface area (TPSA) is 208 Å². The van der Waals surface area contributed by atoms with Crippen molar-refractivity contribution < 1.29 is 53.8 Å². The van der Waals surface area contributed by atoms with Crippen LogP contribution < -0.4 is 5.32 Å². The zero-order valence-electron chi connectivity index (χ0n) is 28.8. The van der Waals surface area contributed by atoms with Crippen molar-refractivity contribution in [1.82, 2.24) is 5.32 Å². The fourth-order valence-electron chi connectivity index (χ4n) is 5.83. The Hall–Kier alpha value is -3.12. The quantitative estimate of drug-likeness (QED) is 0.0507. The summed E-state index contributed by atoms with van der Waals surface area (Å²) in [7, 11) is 1.67. The highest BCUT2D eigenvalue weighted by atomic mass is 16.6. The number of cyclic esters (lactones) is 1. The van der Waals surface area contributed by atoms with E-state index in [1.165, 1.54) is 13.8 Å². The molecule has 13 nitrogen and oxygen atoms in total. The number of ether oxygens (including phenoxy) is 4. The maximum atomic E-state index is 12.7. The molecule has 0 aromatic carbocycles. The number of aliphatic hydroxyl groups excluding tert-OH is 1. The Morgan fingerprint density at radius 2 is 1.96 bits per heavy atom. The first-order valence-corrected chi connectivity index (χ1v) is 15.9. The normalized spacial score (nSPS) is 32.4. The Labute approximate surface area is 278 Å². The zero-order valence-corrected chi connectivity index (χ0v) is 28.8. The summed E-state index contributed by atoms with van der Waals surface area (Å²) < 4.78 is 22.7. The van der Waals surface area contributed by atoms with Gasteiger partial charge in [0.1, 0.15) is 23.9 Å². The summed E-state index contributed by atoms with van der Waals surface area (Å²) in [6.45, 7) is 11.9. The molecule has 11 atom stereocenters. The number of nitrogens with zero attached hydrogens (tertiary/aromatic N) is 1. The van der Waals surface area contributed by atoms with Gasteiger partial charge in [0.05, 0.1) is 49.0 Å². The minimum Gasteiger partial charge on any atom is -0.483 e. The monoisotopic (exact) mass is 666 g/mol. The molecule has 47 heavy (non-hydrogen) atoms. The summed E-state index contributed by atoms with van der Waals surface area (Å²) in [5, 5.41) is 52.1. The Bertz CT molecular complexity index is 1140. The smallest absolute Gasteiger partial charge is 0.309 e. The van der Waals surface area contributed by atoms with E-state index in [1.54, 1.807) is 51.3 Å². The molecule has 0 amide bonds. The van der Waals surface area contributed by atoms with Crippen molar-refractivity contribution in [2.75, 3.05) is 13.7 Å². The molecular weight excluding hydrogens is 612 g/mol. The lowest BCUT2D eigenvalue weighted by Crippen LogP contribution is -2.52. The van der Waals surface area contributed by atoms with E-state index in [2.05, 4.69) is 18.3 Å². The van der Waals surface area contributed by atoms with Gasteiger partial charge in [0.2, 0.25) is 0 Å². The van der Waals surface area contributed by atoms with Crippen molar-refractivity contribution >= 4 is 18.4 Å². The molecule has 0 aromatic heterocycles. The van der Waals surface area contributed by atoms with Crippen LogP contribution in [0, 0.1) is 23.2 Å². The van der Waals surface area contributed by atoms with E-state index in [-0.39, 0.29) is 56.5 Å². The third-order valence-electron chi connectivity index (χ3n) is 8.59. The average molecular weight is 667 g/mol. The van der Waals surface area contributed by atoms with Gasteiger partial charge in [-0.25, -0.2) is 0 Å². The molecule has 0 aromatic rings. The van der Waals surface area contributed by atoms with E-state index in [0.29, 0.717) is 5.57 Å². The standard InChI is InChI=1S/C33H52N2O9.CH2O2/c1-9-25(41-8)22(4)29-30(44-29)31(35-18-17-34)33(7,40)15-10-11-20(2)28-21(3)12-13-26(42-23(5)36)32(6,39)16-14-24(37)19-27(38)43-28;2-1-3/h10-13,15,21-22,24-26,28-31,35,37,39-40H,9,14,16,18-19H2,1-8H3;1H,(H,2,3)/b13-12+,15-10+,20-11+;/t21-,22+,24+,25-,26-,28-,29+,30-,31?,32+,33?;/m0./s1. The van der Waals surface area contributed by atoms with Crippen molar-refractivity contribution in [2.45, 2.75) is 128 Å². The molecule has 266 valence electrons. The van der Waals surface area contributed by atoms with Crippen molar-refractivity contribution in [1.29, 1.82) is 5.26 Å². The highest BCUT2D eigenvalue weighted by Crippen LogP contribution is 2.38. The number of hydrogen-bond acceptors (Lipinski definition) is 12. The Morgan fingerprint density at radius 1 is 1.32 bits per heavy atom. The van der Waals surface area contributed by atoms with Gasteiger partial charge >= 0.3 is 11.9 Å². The first kappa shape index (κ1) is 41.9. The number of epoxide rings is 1. The van der Waals surface area contributed by atoms with Gasteiger partial charge in [-0.3, -0.25) is 19.7 Å². The zero-order chi connectivity index (χ0) is 35.9. The summed E-state index contributed by atoms with van der Waals surface area (Å²) in [5.41, 5.74) is -2.20. The largest absolute Gasteiger partial charge is 0.483 e. The van der Waals surface area contributed by atoms with Crippen molar-refractivity contribution in [3.63, 3.8) is 0 Å². The lowest BCUT2D eigenvalue weighted by molar-refractivity contribution is -0.157. The number of esters is 2. The number of rotatable bonds is 12. The Kier molecular flexibility index (Phi) is 17.5. The fourth-order valence-corrected chi connectivity index (χ4v) is 5.83. The predicted molar refractivity (Wildman–Crippen MR) is 173 cm³/mol. The van der Waals surface area contributed by atoms with Gasteiger partial charge in [-0.15, -0.1) is 0 Å². The van der Waals surface area contributed by atoms with Crippen LogP contribution in [-0.2, 0) is 33.3 Å². The molecule has 0 aliphatic carbocycles. The summed E-state index contributed by atoms with van der Waals surface area (Å²) >= 11 is 0. The van der Waals surface area contributed by atoms with Crippen LogP contribution in [0.2, 0.25) is 0 Å². The second-order valence-electron chi connectivity index (χ2n) is 12.7. The van der Waals surface area contributed by atoms with Crippen LogP contribution in [-0.4, -0.2) is 106 Å². The molecular formula is C34H54N2O11. The first-order chi connectivity index (χ1) is 22.0. The van der Waals surface area contributed by atoms with Crippen LogP contribution in [0.15, 0.2) is 36.0 Å². The van der Waals surface area contributed by atoms with Gasteiger partial charge in [-0.1, -0.05) is 45.1 Å². The molecule has 1 saturated heterocycles. The van der Waals surface area contributed by atoms with Crippen LogP contribution in [0.5, 0.6) is 0 Å². The van der Waals surface area contributed by atoms with Gasteiger partial charge < -0.3 is 39.4 Å². The maximum absolute atomic E-state index is 12.7. The Morgan fingerprint density at radius 3 is 2.51 bits per heavy atom. The van der Waals surface area contributed by atoms with Gasteiger partial charge in [0.25, 0.3) is 6.47 Å². The molecule has 13 heteroatoms. The fraction of sp³-hybridized carbons (Fsp3) is 0.706. The molecule has 0 bridgehead atoms. The van der Waals surface area contributed by atoms with Crippen molar-refractivity contribution in [2.24, 2.45) is 11.8 Å².